The standard InChI is InChI=1S/C13H12FNO2/c1-7-3-12(8(2)17-7)13(16)9-4-10(14)6-11(15)5-9/h3-6H,15H2,1-2H3. The van der Waals surface area contributed by atoms with Gasteiger partial charge in [0.2, 0.25) is 0 Å². The second-order valence-electron chi connectivity index (χ2n) is 3.93. The summed E-state index contributed by atoms with van der Waals surface area (Å²) in [7, 11) is 0. The van der Waals surface area contributed by atoms with E-state index in [2.05, 4.69) is 0 Å². The van der Waals surface area contributed by atoms with E-state index in [1.807, 2.05) is 0 Å². The molecule has 1 heterocycles. The fourth-order valence-corrected chi connectivity index (χ4v) is 1.76. The Labute approximate surface area is 98.0 Å². The van der Waals surface area contributed by atoms with E-state index < -0.39 is 5.82 Å². The normalized spacial score (nSPS) is 10.5. The van der Waals surface area contributed by atoms with Crippen LogP contribution in [-0.2, 0) is 0 Å². The van der Waals surface area contributed by atoms with E-state index in [4.69, 9.17) is 10.2 Å². The maximum atomic E-state index is 13.2. The number of furan rings is 1. The molecule has 2 rings (SSSR count). The van der Waals surface area contributed by atoms with Gasteiger partial charge in [0.15, 0.2) is 5.78 Å². The van der Waals surface area contributed by atoms with Crippen LogP contribution in [-0.4, -0.2) is 5.78 Å². The molecule has 0 unspecified atom stereocenters. The Hall–Kier alpha value is -2.10. The molecule has 1 aromatic heterocycles. The molecule has 0 bridgehead atoms. The molecular formula is C13H12FNO2. The van der Waals surface area contributed by atoms with Gasteiger partial charge in [0.05, 0.1) is 5.56 Å². The lowest BCUT2D eigenvalue weighted by Crippen LogP contribution is -2.03. The van der Waals surface area contributed by atoms with Crippen molar-refractivity contribution in [1.29, 1.82) is 0 Å². The number of ketones is 1. The van der Waals surface area contributed by atoms with E-state index in [-0.39, 0.29) is 17.0 Å². The molecule has 0 amide bonds. The van der Waals surface area contributed by atoms with E-state index in [0.29, 0.717) is 17.1 Å². The van der Waals surface area contributed by atoms with Gasteiger partial charge in [0.1, 0.15) is 17.3 Å². The highest BCUT2D eigenvalue weighted by Gasteiger charge is 2.16. The predicted octanol–water partition coefficient (Wildman–Crippen LogP) is 2.85. The Kier molecular flexibility index (Phi) is 2.71. The Morgan fingerprint density at radius 3 is 2.47 bits per heavy atom. The van der Waals surface area contributed by atoms with Gasteiger partial charge in [-0.05, 0) is 38.1 Å². The van der Waals surface area contributed by atoms with Gasteiger partial charge in [-0.3, -0.25) is 4.79 Å². The molecule has 0 saturated carbocycles. The largest absolute Gasteiger partial charge is 0.466 e. The first-order valence-electron chi connectivity index (χ1n) is 5.15. The fraction of sp³-hybridized carbons (Fsp3) is 0.154. The van der Waals surface area contributed by atoms with Crippen LogP contribution in [0, 0.1) is 19.7 Å². The number of anilines is 1. The molecule has 1 aromatic carbocycles. The summed E-state index contributed by atoms with van der Waals surface area (Å²) in [4.78, 5) is 12.1. The predicted molar refractivity (Wildman–Crippen MR) is 62.4 cm³/mol. The zero-order chi connectivity index (χ0) is 12.6. The third-order valence-electron chi connectivity index (χ3n) is 2.47. The second kappa shape index (κ2) is 4.05. The molecule has 0 fully saturated rings. The maximum Gasteiger partial charge on any atom is 0.196 e. The van der Waals surface area contributed by atoms with Crippen molar-refractivity contribution in [2.75, 3.05) is 5.73 Å². The molecular weight excluding hydrogens is 221 g/mol. The zero-order valence-corrected chi connectivity index (χ0v) is 9.58. The number of halogens is 1. The molecule has 0 spiro atoms. The molecule has 0 radical (unpaired) electrons. The van der Waals surface area contributed by atoms with Gasteiger partial charge in [-0.15, -0.1) is 0 Å². The van der Waals surface area contributed by atoms with E-state index >= 15 is 0 Å². The van der Waals surface area contributed by atoms with Crippen LogP contribution in [0.25, 0.3) is 0 Å². The van der Waals surface area contributed by atoms with Crippen molar-refractivity contribution in [2.24, 2.45) is 0 Å². The minimum absolute atomic E-state index is 0.228. The van der Waals surface area contributed by atoms with Crippen molar-refractivity contribution in [3.05, 3.63) is 52.7 Å². The molecule has 3 nitrogen and oxygen atoms in total. The molecule has 17 heavy (non-hydrogen) atoms. The smallest absolute Gasteiger partial charge is 0.196 e. The van der Waals surface area contributed by atoms with Crippen LogP contribution in [0.15, 0.2) is 28.7 Å². The Bertz CT molecular complexity index is 567. The summed E-state index contributed by atoms with van der Waals surface area (Å²) in [6.45, 7) is 3.45. The number of benzene rings is 1. The highest BCUT2D eigenvalue weighted by atomic mass is 19.1. The van der Waals surface area contributed by atoms with Crippen LogP contribution >= 0.6 is 0 Å². The van der Waals surface area contributed by atoms with Crippen molar-refractivity contribution < 1.29 is 13.6 Å². The van der Waals surface area contributed by atoms with Gasteiger partial charge in [0, 0.05) is 11.3 Å². The summed E-state index contributed by atoms with van der Waals surface area (Å²) in [6.07, 6.45) is 0. The first-order chi connectivity index (χ1) is 7.97. The number of carbonyl (C=O) groups is 1. The Morgan fingerprint density at radius 1 is 1.24 bits per heavy atom. The van der Waals surface area contributed by atoms with Gasteiger partial charge in [0.25, 0.3) is 0 Å². The molecule has 0 aliphatic heterocycles. The Morgan fingerprint density at radius 2 is 1.94 bits per heavy atom. The summed E-state index contributed by atoms with van der Waals surface area (Å²) in [6, 6.07) is 5.43. The van der Waals surface area contributed by atoms with E-state index in [0.717, 1.165) is 0 Å². The fourth-order valence-electron chi connectivity index (χ4n) is 1.76. The molecule has 0 saturated heterocycles. The van der Waals surface area contributed by atoms with Crippen LogP contribution in [0.2, 0.25) is 0 Å². The molecule has 88 valence electrons. The van der Waals surface area contributed by atoms with Crippen LogP contribution in [0.3, 0.4) is 0 Å². The summed E-state index contributed by atoms with van der Waals surface area (Å²) in [5, 5.41) is 0. The third kappa shape index (κ3) is 2.20. The monoisotopic (exact) mass is 233 g/mol. The van der Waals surface area contributed by atoms with Gasteiger partial charge >= 0.3 is 0 Å². The van der Waals surface area contributed by atoms with Crippen molar-refractivity contribution in [1.82, 2.24) is 0 Å². The third-order valence-corrected chi connectivity index (χ3v) is 2.47. The summed E-state index contributed by atoms with van der Waals surface area (Å²) < 4.78 is 18.4. The lowest BCUT2D eigenvalue weighted by molar-refractivity contribution is 0.103. The van der Waals surface area contributed by atoms with Crippen LogP contribution < -0.4 is 5.73 Å². The van der Waals surface area contributed by atoms with Gasteiger partial charge in [-0.25, -0.2) is 4.39 Å². The SMILES string of the molecule is Cc1cc(C(=O)c2cc(N)cc(F)c2)c(C)o1. The molecule has 2 aromatic rings. The van der Waals surface area contributed by atoms with Crippen molar-refractivity contribution in [3.63, 3.8) is 0 Å². The zero-order valence-electron chi connectivity index (χ0n) is 9.58. The molecule has 0 atom stereocenters. The topological polar surface area (TPSA) is 56.2 Å². The summed E-state index contributed by atoms with van der Waals surface area (Å²) in [5.74, 6) is 0.363. The molecule has 0 aliphatic rings. The number of hydrogen-bond acceptors (Lipinski definition) is 3. The number of nitrogens with two attached hydrogens (primary N) is 1. The van der Waals surface area contributed by atoms with Crippen LogP contribution in [0.5, 0.6) is 0 Å². The minimum Gasteiger partial charge on any atom is -0.466 e. The van der Waals surface area contributed by atoms with E-state index in [1.165, 1.54) is 18.2 Å². The average molecular weight is 233 g/mol. The second-order valence-corrected chi connectivity index (χ2v) is 3.93. The van der Waals surface area contributed by atoms with Crippen molar-refractivity contribution in [2.45, 2.75) is 13.8 Å². The van der Waals surface area contributed by atoms with Crippen LogP contribution in [0.4, 0.5) is 10.1 Å². The number of aryl methyl sites for hydroxylation is 2. The number of nitrogen functional groups attached to an aromatic ring is 1. The van der Waals surface area contributed by atoms with Crippen molar-refractivity contribution >= 4 is 11.5 Å². The first kappa shape index (κ1) is 11.4. The molecule has 0 aliphatic carbocycles. The summed E-state index contributed by atoms with van der Waals surface area (Å²) in [5.41, 5.74) is 6.40. The maximum absolute atomic E-state index is 13.2. The number of rotatable bonds is 2. The quantitative estimate of drug-likeness (QED) is 0.641. The lowest BCUT2D eigenvalue weighted by atomic mass is 10.0. The van der Waals surface area contributed by atoms with Gasteiger partial charge in [-0.2, -0.15) is 0 Å². The highest BCUT2D eigenvalue weighted by molar-refractivity contribution is 6.10. The highest BCUT2D eigenvalue weighted by Crippen LogP contribution is 2.20. The van der Waals surface area contributed by atoms with Crippen molar-refractivity contribution in [3.8, 4) is 0 Å². The lowest BCUT2D eigenvalue weighted by Gasteiger charge is -2.01. The van der Waals surface area contributed by atoms with E-state index in [1.54, 1.807) is 19.9 Å². The van der Waals surface area contributed by atoms with E-state index in [9.17, 15) is 9.18 Å². The summed E-state index contributed by atoms with van der Waals surface area (Å²) >= 11 is 0. The van der Waals surface area contributed by atoms with Gasteiger partial charge in [-0.1, -0.05) is 0 Å². The first-order valence-corrected chi connectivity index (χ1v) is 5.15. The Balaban J connectivity index is 2.47. The van der Waals surface area contributed by atoms with Crippen LogP contribution in [0.1, 0.15) is 27.4 Å². The number of hydrogen-bond donors (Lipinski definition) is 1. The minimum atomic E-state index is -0.522. The van der Waals surface area contributed by atoms with Gasteiger partial charge < -0.3 is 10.2 Å². The molecule has 4 heteroatoms. The number of carbonyl (C=O) groups excluding carboxylic acids is 1. The average Bonchev–Trinajstić information content (AvgIpc) is 2.55. The molecule has 2 N–H and O–H groups in total.